The molecule has 1 aromatic carbocycles. The van der Waals surface area contributed by atoms with E-state index >= 15 is 0 Å². The van der Waals surface area contributed by atoms with E-state index in [1.807, 2.05) is 34.6 Å². The predicted octanol–water partition coefficient (Wildman–Crippen LogP) is 3.07. The first-order chi connectivity index (χ1) is 12.4. The highest BCUT2D eigenvalue weighted by Crippen LogP contribution is 2.45. The minimum Gasteiger partial charge on any atom is -0.369 e. The Balaban J connectivity index is 2.64. The van der Waals surface area contributed by atoms with Crippen molar-refractivity contribution >= 4 is 33.2 Å². The molecule has 1 amide bonds. The molecule has 27 heavy (non-hydrogen) atoms. The Kier molecular flexibility index (Phi) is 6.11. The van der Waals surface area contributed by atoms with E-state index in [2.05, 4.69) is 21.9 Å². The standard InChI is InChI=1S/C19H32N4O3S/c1-7-8-10-23-11-9-14-12(2)15(22-27(20,25)26)13(3)16(17(14)23)21-18(24)19(4,5)6/h22H,7-11H2,1-6H3,(H,21,24)(H2,20,25,26). The molecule has 152 valence electrons. The fourth-order valence-electron chi connectivity index (χ4n) is 3.40. The highest BCUT2D eigenvalue weighted by molar-refractivity contribution is 7.90. The molecule has 0 unspecified atom stereocenters. The van der Waals surface area contributed by atoms with Crippen LogP contribution in [0.3, 0.4) is 0 Å². The van der Waals surface area contributed by atoms with Gasteiger partial charge in [-0.05, 0) is 43.4 Å². The van der Waals surface area contributed by atoms with Crippen LogP contribution in [0.1, 0.15) is 57.2 Å². The number of rotatable bonds is 6. The van der Waals surface area contributed by atoms with Crippen molar-refractivity contribution in [2.24, 2.45) is 10.6 Å². The normalized spacial score (nSPS) is 14.3. The molecule has 0 saturated carbocycles. The van der Waals surface area contributed by atoms with Crippen LogP contribution in [-0.2, 0) is 21.4 Å². The number of anilines is 3. The summed E-state index contributed by atoms with van der Waals surface area (Å²) in [5.74, 6) is -0.111. The molecule has 0 aliphatic carbocycles. The van der Waals surface area contributed by atoms with Gasteiger partial charge in [-0.3, -0.25) is 9.52 Å². The molecule has 2 rings (SSSR count). The van der Waals surface area contributed by atoms with Crippen LogP contribution >= 0.6 is 0 Å². The fraction of sp³-hybridized carbons (Fsp3) is 0.632. The number of carbonyl (C=O) groups excluding carboxylic acids is 1. The van der Waals surface area contributed by atoms with E-state index in [0.717, 1.165) is 49.2 Å². The van der Waals surface area contributed by atoms with Gasteiger partial charge in [0, 0.05) is 18.5 Å². The van der Waals surface area contributed by atoms with Crippen molar-refractivity contribution in [2.75, 3.05) is 28.0 Å². The second-order valence-electron chi connectivity index (χ2n) is 8.27. The van der Waals surface area contributed by atoms with Crippen LogP contribution in [0, 0.1) is 19.3 Å². The number of nitrogens with one attached hydrogen (secondary N) is 2. The van der Waals surface area contributed by atoms with Crippen molar-refractivity contribution < 1.29 is 13.2 Å². The molecule has 0 radical (unpaired) electrons. The van der Waals surface area contributed by atoms with E-state index in [1.54, 1.807) is 0 Å². The van der Waals surface area contributed by atoms with Gasteiger partial charge in [0.25, 0.3) is 10.2 Å². The summed E-state index contributed by atoms with van der Waals surface area (Å²) in [7, 11) is -3.92. The fourth-order valence-corrected chi connectivity index (χ4v) is 3.99. The van der Waals surface area contributed by atoms with E-state index in [0.29, 0.717) is 16.9 Å². The number of hydrogen-bond acceptors (Lipinski definition) is 4. The summed E-state index contributed by atoms with van der Waals surface area (Å²) in [5.41, 5.74) is 4.19. The van der Waals surface area contributed by atoms with Gasteiger partial charge in [-0.15, -0.1) is 0 Å². The molecule has 1 aliphatic heterocycles. The van der Waals surface area contributed by atoms with Crippen molar-refractivity contribution in [3.63, 3.8) is 0 Å². The summed E-state index contributed by atoms with van der Waals surface area (Å²) in [6.07, 6.45) is 2.95. The minimum atomic E-state index is -3.92. The van der Waals surface area contributed by atoms with Crippen LogP contribution in [0.4, 0.5) is 17.1 Å². The largest absolute Gasteiger partial charge is 0.369 e. The molecule has 7 nitrogen and oxygen atoms in total. The Hall–Kier alpha value is -1.80. The first kappa shape index (κ1) is 21.5. The van der Waals surface area contributed by atoms with E-state index in [-0.39, 0.29) is 5.91 Å². The van der Waals surface area contributed by atoms with Gasteiger partial charge < -0.3 is 10.2 Å². The van der Waals surface area contributed by atoms with E-state index in [4.69, 9.17) is 5.14 Å². The summed E-state index contributed by atoms with van der Waals surface area (Å²) >= 11 is 0. The summed E-state index contributed by atoms with van der Waals surface area (Å²) in [4.78, 5) is 15.0. The summed E-state index contributed by atoms with van der Waals surface area (Å²) in [5, 5.41) is 8.28. The van der Waals surface area contributed by atoms with Crippen LogP contribution in [0.5, 0.6) is 0 Å². The number of nitrogens with zero attached hydrogens (tertiary/aromatic N) is 1. The number of nitrogens with two attached hydrogens (primary N) is 1. The van der Waals surface area contributed by atoms with Gasteiger partial charge in [-0.2, -0.15) is 8.42 Å². The van der Waals surface area contributed by atoms with Gasteiger partial charge in [0.1, 0.15) is 0 Å². The summed E-state index contributed by atoms with van der Waals surface area (Å²) in [6.45, 7) is 13.2. The highest BCUT2D eigenvalue weighted by atomic mass is 32.2. The van der Waals surface area contributed by atoms with E-state index < -0.39 is 15.6 Å². The number of fused-ring (bicyclic) bond motifs is 1. The Morgan fingerprint density at radius 2 is 1.81 bits per heavy atom. The van der Waals surface area contributed by atoms with Crippen LogP contribution in [0.25, 0.3) is 0 Å². The lowest BCUT2D eigenvalue weighted by Gasteiger charge is -2.28. The first-order valence-electron chi connectivity index (χ1n) is 9.39. The van der Waals surface area contributed by atoms with E-state index in [9.17, 15) is 13.2 Å². The lowest BCUT2D eigenvalue weighted by molar-refractivity contribution is -0.123. The van der Waals surface area contributed by atoms with Gasteiger partial charge in [-0.25, -0.2) is 5.14 Å². The smallest absolute Gasteiger partial charge is 0.296 e. The molecule has 8 heteroatoms. The van der Waals surface area contributed by atoms with Crippen molar-refractivity contribution in [3.8, 4) is 0 Å². The molecule has 0 spiro atoms. The molecule has 0 bridgehead atoms. The molecule has 1 aliphatic rings. The zero-order chi connectivity index (χ0) is 20.6. The number of unbranched alkanes of at least 4 members (excludes halogenated alkanes) is 1. The van der Waals surface area contributed by atoms with Crippen molar-refractivity contribution in [1.29, 1.82) is 0 Å². The number of hydrogen-bond donors (Lipinski definition) is 3. The quantitative estimate of drug-likeness (QED) is 0.687. The van der Waals surface area contributed by atoms with Crippen molar-refractivity contribution in [1.82, 2.24) is 0 Å². The van der Waals surface area contributed by atoms with Crippen LogP contribution in [0.15, 0.2) is 0 Å². The number of benzene rings is 1. The monoisotopic (exact) mass is 396 g/mol. The Bertz CT molecular complexity index is 842. The Labute approximate surface area is 162 Å². The molecule has 0 atom stereocenters. The third-order valence-corrected chi connectivity index (χ3v) is 5.48. The maximum atomic E-state index is 12.7. The maximum absolute atomic E-state index is 12.7. The molecule has 1 aromatic rings. The molecule has 4 N–H and O–H groups in total. The second-order valence-corrected chi connectivity index (χ2v) is 9.56. The van der Waals surface area contributed by atoms with Gasteiger partial charge in [-0.1, -0.05) is 34.1 Å². The lowest BCUT2D eigenvalue weighted by Crippen LogP contribution is -2.30. The predicted molar refractivity (Wildman–Crippen MR) is 112 cm³/mol. The zero-order valence-corrected chi connectivity index (χ0v) is 18.0. The number of carbonyl (C=O) groups is 1. The first-order valence-corrected chi connectivity index (χ1v) is 10.9. The van der Waals surface area contributed by atoms with Gasteiger partial charge in [0.15, 0.2) is 0 Å². The van der Waals surface area contributed by atoms with Gasteiger partial charge in [0.2, 0.25) is 5.91 Å². The summed E-state index contributed by atoms with van der Waals surface area (Å²) < 4.78 is 25.8. The maximum Gasteiger partial charge on any atom is 0.296 e. The Morgan fingerprint density at radius 3 is 2.33 bits per heavy atom. The topological polar surface area (TPSA) is 105 Å². The van der Waals surface area contributed by atoms with Crippen molar-refractivity contribution in [2.45, 2.75) is 60.8 Å². The SMILES string of the molecule is CCCCN1CCc2c(C)c(NS(N)(=O)=O)c(C)c(NC(=O)C(C)(C)C)c21. The number of amides is 1. The zero-order valence-electron chi connectivity index (χ0n) is 17.2. The van der Waals surface area contributed by atoms with Crippen LogP contribution in [-0.4, -0.2) is 27.4 Å². The van der Waals surface area contributed by atoms with Crippen LogP contribution in [0.2, 0.25) is 0 Å². The highest BCUT2D eigenvalue weighted by Gasteiger charge is 2.31. The molecule has 0 saturated heterocycles. The lowest BCUT2D eigenvalue weighted by atomic mass is 9.94. The third-order valence-electron chi connectivity index (χ3n) is 4.99. The van der Waals surface area contributed by atoms with Gasteiger partial charge in [0.05, 0.1) is 17.1 Å². The molecular weight excluding hydrogens is 364 g/mol. The van der Waals surface area contributed by atoms with Crippen molar-refractivity contribution in [3.05, 3.63) is 16.7 Å². The summed E-state index contributed by atoms with van der Waals surface area (Å²) in [6, 6.07) is 0. The Morgan fingerprint density at radius 1 is 1.19 bits per heavy atom. The molecule has 0 fully saturated rings. The molecule has 0 aromatic heterocycles. The average Bonchev–Trinajstić information content (AvgIpc) is 2.95. The second kappa shape index (κ2) is 7.67. The van der Waals surface area contributed by atoms with Crippen LogP contribution < -0.4 is 20.1 Å². The van der Waals surface area contributed by atoms with E-state index in [1.165, 1.54) is 0 Å². The average molecular weight is 397 g/mol. The minimum absolute atomic E-state index is 0.111. The molecular formula is C19H32N4O3S. The third kappa shape index (κ3) is 4.73. The van der Waals surface area contributed by atoms with Gasteiger partial charge >= 0.3 is 0 Å². The molecule has 1 heterocycles.